The van der Waals surface area contributed by atoms with E-state index in [4.69, 9.17) is 17.0 Å². The van der Waals surface area contributed by atoms with Crippen molar-refractivity contribution in [2.45, 2.75) is 6.92 Å². The first-order valence-electron chi connectivity index (χ1n) is 7.18. The van der Waals surface area contributed by atoms with Crippen molar-refractivity contribution in [3.63, 3.8) is 0 Å². The third-order valence-electron chi connectivity index (χ3n) is 3.56. The van der Waals surface area contributed by atoms with Crippen LogP contribution in [0.5, 0.6) is 5.75 Å². The Kier molecular flexibility index (Phi) is 5.27. The number of anilines is 1. The minimum atomic E-state index is -0.0836. The molecule has 2 aromatic carbocycles. The standard InChI is InChI=1S/C18H14INO2S2/c1-11-3-6-13(7-4-11)20-17(21)16(24-18(20)23)10-12-5-8-15(22-2)14(19)9-12/h3-10H,1-2H3/b16-10+. The summed E-state index contributed by atoms with van der Waals surface area (Å²) < 4.78 is 6.82. The van der Waals surface area contributed by atoms with Crippen molar-refractivity contribution in [2.24, 2.45) is 0 Å². The molecule has 6 heteroatoms. The Morgan fingerprint density at radius 3 is 2.54 bits per heavy atom. The SMILES string of the molecule is COc1ccc(/C=C2/SC(=S)N(c3ccc(C)cc3)C2=O)cc1I. The normalized spacial score (nSPS) is 16.1. The molecule has 1 aliphatic rings. The summed E-state index contributed by atoms with van der Waals surface area (Å²) in [5, 5.41) is 0. The van der Waals surface area contributed by atoms with Gasteiger partial charge in [-0.1, -0.05) is 47.7 Å². The number of thiocarbonyl (C=S) groups is 1. The van der Waals surface area contributed by atoms with Crippen LogP contribution in [-0.4, -0.2) is 17.3 Å². The van der Waals surface area contributed by atoms with E-state index in [1.54, 1.807) is 12.0 Å². The number of rotatable bonds is 3. The summed E-state index contributed by atoms with van der Waals surface area (Å²) in [7, 11) is 1.64. The van der Waals surface area contributed by atoms with Crippen LogP contribution in [0, 0.1) is 10.5 Å². The molecule has 1 fully saturated rings. The molecular weight excluding hydrogens is 453 g/mol. The number of hydrogen-bond donors (Lipinski definition) is 0. The van der Waals surface area contributed by atoms with E-state index < -0.39 is 0 Å². The molecule has 1 heterocycles. The van der Waals surface area contributed by atoms with Gasteiger partial charge in [-0.2, -0.15) is 0 Å². The lowest BCUT2D eigenvalue weighted by molar-refractivity contribution is -0.113. The Balaban J connectivity index is 1.90. The number of amides is 1. The van der Waals surface area contributed by atoms with Crippen molar-refractivity contribution in [2.75, 3.05) is 12.0 Å². The minimum absolute atomic E-state index is 0.0836. The van der Waals surface area contributed by atoms with E-state index in [-0.39, 0.29) is 5.91 Å². The van der Waals surface area contributed by atoms with Crippen molar-refractivity contribution in [3.05, 3.63) is 62.1 Å². The average Bonchev–Trinajstić information content (AvgIpc) is 2.83. The molecule has 0 aromatic heterocycles. The molecule has 24 heavy (non-hydrogen) atoms. The second-order valence-corrected chi connectivity index (χ2v) is 8.08. The van der Waals surface area contributed by atoms with Crippen LogP contribution in [0.2, 0.25) is 0 Å². The number of halogens is 1. The van der Waals surface area contributed by atoms with Gasteiger partial charge >= 0.3 is 0 Å². The van der Waals surface area contributed by atoms with E-state index in [0.29, 0.717) is 9.23 Å². The van der Waals surface area contributed by atoms with E-state index >= 15 is 0 Å². The van der Waals surface area contributed by atoms with E-state index in [1.165, 1.54) is 11.8 Å². The maximum Gasteiger partial charge on any atom is 0.270 e. The zero-order chi connectivity index (χ0) is 17.3. The summed E-state index contributed by atoms with van der Waals surface area (Å²) in [5.41, 5.74) is 2.90. The van der Waals surface area contributed by atoms with Gasteiger partial charge in [0.1, 0.15) is 5.75 Å². The Labute approximate surface area is 164 Å². The van der Waals surface area contributed by atoms with Crippen molar-refractivity contribution in [3.8, 4) is 5.75 Å². The highest BCUT2D eigenvalue weighted by Crippen LogP contribution is 2.36. The fourth-order valence-corrected chi connectivity index (χ4v) is 4.37. The second kappa shape index (κ2) is 7.25. The predicted molar refractivity (Wildman–Crippen MR) is 113 cm³/mol. The number of carbonyl (C=O) groups is 1. The number of hydrogen-bond acceptors (Lipinski definition) is 4. The minimum Gasteiger partial charge on any atom is -0.496 e. The van der Waals surface area contributed by atoms with Gasteiger partial charge in [0.05, 0.1) is 21.3 Å². The monoisotopic (exact) mass is 467 g/mol. The summed E-state index contributed by atoms with van der Waals surface area (Å²) >= 11 is 8.94. The van der Waals surface area contributed by atoms with Crippen molar-refractivity contribution < 1.29 is 9.53 Å². The number of carbonyl (C=O) groups excluding carboxylic acids is 1. The average molecular weight is 467 g/mol. The van der Waals surface area contributed by atoms with Gasteiger partial charge < -0.3 is 4.74 Å². The van der Waals surface area contributed by atoms with Gasteiger partial charge in [0, 0.05) is 0 Å². The molecule has 0 unspecified atom stereocenters. The fraction of sp³-hybridized carbons (Fsp3) is 0.111. The van der Waals surface area contributed by atoms with Gasteiger partial charge in [0.15, 0.2) is 4.32 Å². The van der Waals surface area contributed by atoms with E-state index in [1.807, 2.05) is 55.5 Å². The largest absolute Gasteiger partial charge is 0.496 e. The van der Waals surface area contributed by atoms with Gasteiger partial charge in [0.2, 0.25) is 0 Å². The van der Waals surface area contributed by atoms with Crippen LogP contribution in [0.25, 0.3) is 6.08 Å². The highest BCUT2D eigenvalue weighted by Gasteiger charge is 2.33. The summed E-state index contributed by atoms with van der Waals surface area (Å²) in [5.74, 6) is 0.736. The lowest BCUT2D eigenvalue weighted by atomic mass is 10.2. The van der Waals surface area contributed by atoms with E-state index in [0.717, 1.165) is 26.1 Å². The summed E-state index contributed by atoms with van der Waals surface area (Å²) in [6.45, 7) is 2.01. The Morgan fingerprint density at radius 1 is 1.21 bits per heavy atom. The molecule has 2 aromatic rings. The highest BCUT2D eigenvalue weighted by atomic mass is 127. The molecule has 1 saturated heterocycles. The van der Waals surface area contributed by atoms with Crippen LogP contribution in [0.1, 0.15) is 11.1 Å². The Morgan fingerprint density at radius 2 is 1.92 bits per heavy atom. The number of methoxy groups -OCH3 is 1. The van der Waals surface area contributed by atoms with Gasteiger partial charge in [0.25, 0.3) is 5.91 Å². The number of ether oxygens (including phenoxy) is 1. The van der Waals surface area contributed by atoms with Crippen molar-refractivity contribution in [1.29, 1.82) is 0 Å². The fourth-order valence-electron chi connectivity index (χ4n) is 2.31. The number of nitrogens with zero attached hydrogens (tertiary/aromatic N) is 1. The molecule has 0 N–H and O–H groups in total. The Bertz CT molecular complexity index is 847. The molecule has 0 aliphatic carbocycles. The first kappa shape index (κ1) is 17.4. The molecule has 1 amide bonds. The quantitative estimate of drug-likeness (QED) is 0.361. The molecule has 0 saturated carbocycles. The zero-order valence-electron chi connectivity index (χ0n) is 13.1. The molecule has 0 spiro atoms. The summed E-state index contributed by atoms with van der Waals surface area (Å²) in [4.78, 5) is 14.9. The van der Waals surface area contributed by atoms with Crippen LogP contribution in [0.4, 0.5) is 5.69 Å². The van der Waals surface area contributed by atoms with Crippen LogP contribution < -0.4 is 9.64 Å². The van der Waals surface area contributed by atoms with Crippen molar-refractivity contribution >= 4 is 68.6 Å². The van der Waals surface area contributed by atoms with Gasteiger partial charge in [-0.15, -0.1) is 0 Å². The summed E-state index contributed by atoms with van der Waals surface area (Å²) in [6, 6.07) is 13.6. The van der Waals surface area contributed by atoms with E-state index in [2.05, 4.69) is 22.6 Å². The predicted octanol–water partition coefficient (Wildman–Crippen LogP) is 5.01. The van der Waals surface area contributed by atoms with Gasteiger partial charge in [-0.25, -0.2) is 0 Å². The lowest BCUT2D eigenvalue weighted by Gasteiger charge is -2.14. The van der Waals surface area contributed by atoms with Crippen LogP contribution >= 0.6 is 46.6 Å². The van der Waals surface area contributed by atoms with Crippen molar-refractivity contribution in [1.82, 2.24) is 0 Å². The number of thioether (sulfide) groups is 1. The first-order valence-corrected chi connectivity index (χ1v) is 9.48. The molecule has 0 bridgehead atoms. The smallest absolute Gasteiger partial charge is 0.270 e. The molecule has 1 aliphatic heterocycles. The molecule has 3 nitrogen and oxygen atoms in total. The lowest BCUT2D eigenvalue weighted by Crippen LogP contribution is -2.27. The molecule has 0 atom stereocenters. The molecule has 3 rings (SSSR count). The molecular formula is C18H14INO2S2. The third kappa shape index (κ3) is 3.50. The first-order chi connectivity index (χ1) is 11.5. The number of benzene rings is 2. The maximum absolute atomic E-state index is 12.7. The topological polar surface area (TPSA) is 29.5 Å². The van der Waals surface area contributed by atoms with Crippen LogP contribution in [0.3, 0.4) is 0 Å². The summed E-state index contributed by atoms with van der Waals surface area (Å²) in [6.07, 6.45) is 1.87. The number of aryl methyl sites for hydroxylation is 1. The third-order valence-corrected chi connectivity index (χ3v) is 5.70. The van der Waals surface area contributed by atoms with Gasteiger partial charge in [-0.3, -0.25) is 9.69 Å². The Hall–Kier alpha value is -1.38. The maximum atomic E-state index is 12.7. The second-order valence-electron chi connectivity index (χ2n) is 5.25. The molecule has 122 valence electrons. The van der Waals surface area contributed by atoms with Gasteiger partial charge in [-0.05, 0) is 65.4 Å². The van der Waals surface area contributed by atoms with Crippen LogP contribution in [0.15, 0.2) is 47.4 Å². The van der Waals surface area contributed by atoms with Crippen LogP contribution in [-0.2, 0) is 4.79 Å². The van der Waals surface area contributed by atoms with E-state index in [9.17, 15) is 4.79 Å². The molecule has 0 radical (unpaired) electrons. The zero-order valence-corrected chi connectivity index (χ0v) is 16.9. The highest BCUT2D eigenvalue weighted by molar-refractivity contribution is 14.1.